The Morgan fingerprint density at radius 2 is 2.18 bits per heavy atom. The Balaban J connectivity index is 1.64. The van der Waals surface area contributed by atoms with Crippen molar-refractivity contribution in [3.8, 4) is 0 Å². The molecule has 1 fully saturated rings. The van der Waals surface area contributed by atoms with Crippen molar-refractivity contribution in [1.82, 2.24) is 9.80 Å². The Morgan fingerprint density at radius 3 is 2.82 bits per heavy atom. The van der Waals surface area contributed by atoms with Gasteiger partial charge in [-0.2, -0.15) is 0 Å². The minimum absolute atomic E-state index is 0.297. The average Bonchev–Trinajstić information content (AvgIpc) is 2.95. The van der Waals surface area contributed by atoms with Gasteiger partial charge in [-0.1, -0.05) is 0 Å². The van der Waals surface area contributed by atoms with Gasteiger partial charge in [0.2, 0.25) is 0 Å². The third-order valence-corrected chi connectivity index (χ3v) is 3.95. The number of aliphatic hydroxyl groups is 2. The molecular formula is C16H28N2O4. The van der Waals surface area contributed by atoms with Crippen LogP contribution in [0.4, 0.5) is 0 Å². The number of furan rings is 1. The van der Waals surface area contributed by atoms with Gasteiger partial charge in [0.05, 0.1) is 25.1 Å². The third kappa shape index (κ3) is 5.70. The summed E-state index contributed by atoms with van der Waals surface area (Å²) in [6.45, 7) is 8.74. The van der Waals surface area contributed by atoms with Crippen LogP contribution >= 0.6 is 0 Å². The van der Waals surface area contributed by atoms with Crippen LogP contribution in [0.3, 0.4) is 0 Å². The number of ether oxygens (including phenoxy) is 1. The quantitative estimate of drug-likeness (QED) is 0.730. The first-order valence-electron chi connectivity index (χ1n) is 7.97. The van der Waals surface area contributed by atoms with E-state index in [1.165, 1.54) is 0 Å². The molecule has 1 aromatic heterocycles. The molecule has 126 valence electrons. The van der Waals surface area contributed by atoms with Gasteiger partial charge in [0.25, 0.3) is 0 Å². The van der Waals surface area contributed by atoms with Crippen molar-refractivity contribution < 1.29 is 19.4 Å². The lowest BCUT2D eigenvalue weighted by atomic mass is 10.1. The monoisotopic (exact) mass is 312 g/mol. The topological polar surface area (TPSA) is 69.3 Å². The molecule has 22 heavy (non-hydrogen) atoms. The van der Waals surface area contributed by atoms with Crippen LogP contribution in [-0.4, -0.2) is 77.6 Å². The smallest absolute Gasteiger partial charge is 0.129 e. The Labute approximate surface area is 132 Å². The molecule has 6 nitrogen and oxygen atoms in total. The van der Waals surface area contributed by atoms with E-state index in [0.29, 0.717) is 32.3 Å². The molecule has 0 bridgehead atoms. The van der Waals surface area contributed by atoms with Crippen molar-refractivity contribution in [1.29, 1.82) is 0 Å². The van der Waals surface area contributed by atoms with Gasteiger partial charge in [0, 0.05) is 38.8 Å². The zero-order valence-electron chi connectivity index (χ0n) is 13.5. The maximum Gasteiger partial charge on any atom is 0.129 e. The summed E-state index contributed by atoms with van der Waals surface area (Å²) in [5.41, 5.74) is 0. The van der Waals surface area contributed by atoms with Crippen LogP contribution < -0.4 is 0 Å². The molecule has 0 aromatic carbocycles. The fraction of sp³-hybridized carbons (Fsp3) is 0.750. The summed E-state index contributed by atoms with van der Waals surface area (Å²) < 4.78 is 10.6. The molecule has 2 N–H and O–H groups in total. The van der Waals surface area contributed by atoms with Crippen LogP contribution in [-0.2, 0) is 11.3 Å². The van der Waals surface area contributed by atoms with E-state index in [0.717, 1.165) is 25.4 Å². The number of hydrogen-bond donors (Lipinski definition) is 2. The highest BCUT2D eigenvalue weighted by atomic mass is 16.5. The van der Waals surface area contributed by atoms with Crippen molar-refractivity contribution >= 4 is 0 Å². The van der Waals surface area contributed by atoms with Gasteiger partial charge in [-0.05, 0) is 26.0 Å². The van der Waals surface area contributed by atoms with Crippen LogP contribution in [0.2, 0.25) is 0 Å². The number of β-amino-alcohol motifs (C(OH)–C–C–N with tert-alkyl or cyclic N) is 2. The summed E-state index contributed by atoms with van der Waals surface area (Å²) in [5, 5.41) is 19.6. The molecule has 1 aromatic rings. The van der Waals surface area contributed by atoms with Gasteiger partial charge in [-0.3, -0.25) is 9.80 Å². The Hall–Kier alpha value is -0.920. The Bertz CT molecular complexity index is 410. The molecule has 0 unspecified atom stereocenters. The van der Waals surface area contributed by atoms with Crippen LogP contribution in [0, 0.1) is 0 Å². The van der Waals surface area contributed by atoms with Crippen LogP contribution in [0.1, 0.15) is 19.6 Å². The standard InChI is InChI=1S/C16H28N2O4/c1-13-8-17(5-6-18(13)9-14(2)19)10-15(20)11-21-12-16-4-3-7-22-16/h3-4,7,13-15,19-20H,5-6,8-12H2,1-2H3/t13-,14-,15+/m0/s1. The molecule has 3 atom stereocenters. The molecule has 2 rings (SSSR count). The molecule has 0 spiro atoms. The molecule has 0 saturated carbocycles. The summed E-state index contributed by atoms with van der Waals surface area (Å²) in [5.74, 6) is 0.771. The largest absolute Gasteiger partial charge is 0.467 e. The van der Waals surface area contributed by atoms with E-state index >= 15 is 0 Å². The summed E-state index contributed by atoms with van der Waals surface area (Å²) >= 11 is 0. The summed E-state index contributed by atoms with van der Waals surface area (Å²) in [6.07, 6.45) is 0.823. The van der Waals surface area contributed by atoms with E-state index in [-0.39, 0.29) is 6.10 Å². The second kappa shape index (κ2) is 8.64. The van der Waals surface area contributed by atoms with E-state index in [1.54, 1.807) is 6.26 Å². The minimum Gasteiger partial charge on any atom is -0.467 e. The lowest BCUT2D eigenvalue weighted by Gasteiger charge is -2.40. The molecule has 0 aliphatic carbocycles. The third-order valence-electron chi connectivity index (χ3n) is 3.95. The van der Waals surface area contributed by atoms with Crippen molar-refractivity contribution in [2.45, 2.75) is 38.7 Å². The summed E-state index contributed by atoms with van der Waals surface area (Å²) in [7, 11) is 0. The Kier molecular flexibility index (Phi) is 6.85. The fourth-order valence-corrected chi connectivity index (χ4v) is 2.89. The van der Waals surface area contributed by atoms with Gasteiger partial charge in [0.15, 0.2) is 0 Å². The van der Waals surface area contributed by atoms with E-state index in [4.69, 9.17) is 9.15 Å². The van der Waals surface area contributed by atoms with Gasteiger partial charge in [-0.15, -0.1) is 0 Å². The molecule has 2 heterocycles. The zero-order chi connectivity index (χ0) is 15.9. The van der Waals surface area contributed by atoms with Crippen LogP contribution in [0.5, 0.6) is 0 Å². The first-order chi connectivity index (χ1) is 10.5. The molecule has 1 saturated heterocycles. The van der Waals surface area contributed by atoms with Crippen molar-refractivity contribution in [3.63, 3.8) is 0 Å². The maximum atomic E-state index is 10.1. The van der Waals surface area contributed by atoms with Crippen molar-refractivity contribution in [2.75, 3.05) is 39.3 Å². The fourth-order valence-electron chi connectivity index (χ4n) is 2.89. The summed E-state index contributed by atoms with van der Waals surface area (Å²) in [4.78, 5) is 4.55. The molecule has 1 aliphatic heterocycles. The van der Waals surface area contributed by atoms with Gasteiger partial charge in [0.1, 0.15) is 12.4 Å². The van der Waals surface area contributed by atoms with E-state index in [2.05, 4.69) is 16.7 Å². The molecular weight excluding hydrogens is 284 g/mol. The molecule has 6 heteroatoms. The molecule has 0 radical (unpaired) electrons. The minimum atomic E-state index is -0.495. The predicted octanol–water partition coefficient (Wildman–Crippen LogP) is 0.544. The number of aliphatic hydroxyl groups excluding tert-OH is 2. The highest BCUT2D eigenvalue weighted by Crippen LogP contribution is 2.11. The number of hydrogen-bond acceptors (Lipinski definition) is 6. The van der Waals surface area contributed by atoms with E-state index in [1.807, 2.05) is 19.1 Å². The highest BCUT2D eigenvalue weighted by molar-refractivity contribution is 4.96. The van der Waals surface area contributed by atoms with E-state index < -0.39 is 6.10 Å². The van der Waals surface area contributed by atoms with E-state index in [9.17, 15) is 10.2 Å². The molecule has 0 amide bonds. The van der Waals surface area contributed by atoms with Crippen LogP contribution in [0.25, 0.3) is 0 Å². The lowest BCUT2D eigenvalue weighted by Crippen LogP contribution is -2.54. The Morgan fingerprint density at radius 1 is 1.36 bits per heavy atom. The van der Waals surface area contributed by atoms with Gasteiger partial charge < -0.3 is 19.4 Å². The average molecular weight is 312 g/mol. The molecule has 1 aliphatic rings. The number of piperazine rings is 1. The van der Waals surface area contributed by atoms with Gasteiger partial charge in [-0.25, -0.2) is 0 Å². The maximum absolute atomic E-state index is 10.1. The SMILES string of the molecule is C[C@H](O)CN1CCN(C[C@@H](O)COCc2ccco2)C[C@@H]1C. The first-order valence-corrected chi connectivity index (χ1v) is 7.97. The first kappa shape index (κ1) is 17.4. The van der Waals surface area contributed by atoms with Gasteiger partial charge >= 0.3 is 0 Å². The highest BCUT2D eigenvalue weighted by Gasteiger charge is 2.25. The number of nitrogens with zero attached hydrogens (tertiary/aromatic N) is 2. The summed E-state index contributed by atoms with van der Waals surface area (Å²) in [6, 6.07) is 4.07. The second-order valence-electron chi connectivity index (χ2n) is 6.20. The zero-order valence-corrected chi connectivity index (χ0v) is 13.5. The normalized spacial score (nSPS) is 23.5. The van der Waals surface area contributed by atoms with Crippen molar-refractivity contribution in [2.24, 2.45) is 0 Å². The predicted molar refractivity (Wildman–Crippen MR) is 83.5 cm³/mol. The van der Waals surface area contributed by atoms with Crippen LogP contribution in [0.15, 0.2) is 22.8 Å². The van der Waals surface area contributed by atoms with Crippen molar-refractivity contribution in [3.05, 3.63) is 24.2 Å². The lowest BCUT2D eigenvalue weighted by molar-refractivity contribution is -0.0142. The number of rotatable bonds is 8. The second-order valence-corrected chi connectivity index (χ2v) is 6.20.